The number of nitrogens with zero attached hydrogens (tertiary/aromatic N) is 3. The summed E-state index contributed by atoms with van der Waals surface area (Å²) >= 11 is 0. The number of urea groups is 1. The highest BCUT2D eigenvalue weighted by Gasteiger charge is 2.70. The lowest BCUT2D eigenvalue weighted by Gasteiger charge is -2.39. The molecular formula is C36H59N7O7S. The Bertz CT molecular complexity index is 1520. The summed E-state index contributed by atoms with van der Waals surface area (Å²) in [6, 6.07) is -4.51. The van der Waals surface area contributed by atoms with E-state index in [2.05, 4.69) is 33.8 Å². The van der Waals surface area contributed by atoms with Crippen LogP contribution in [0, 0.1) is 40.4 Å². The molecule has 1 aliphatic heterocycles. The molecule has 4 N–H and O–H groups in total. The Hall–Kier alpha value is -3.48. The van der Waals surface area contributed by atoms with E-state index < -0.39 is 74.7 Å². The largest absolute Gasteiger partial charge is 0.346 e. The Morgan fingerprint density at radius 3 is 2.14 bits per heavy atom. The van der Waals surface area contributed by atoms with E-state index in [9.17, 15) is 32.4 Å². The van der Waals surface area contributed by atoms with Crippen LogP contribution in [0.5, 0.6) is 0 Å². The van der Waals surface area contributed by atoms with E-state index in [-0.39, 0.29) is 55.8 Å². The van der Waals surface area contributed by atoms with Crippen LogP contribution in [0.3, 0.4) is 0 Å². The number of amides is 5. The average Bonchev–Trinajstić information content (AvgIpc) is 3.91. The van der Waals surface area contributed by atoms with Crippen LogP contribution < -0.4 is 21.3 Å². The Morgan fingerprint density at radius 2 is 1.63 bits per heavy atom. The highest BCUT2D eigenvalue weighted by molar-refractivity contribution is 7.86. The summed E-state index contributed by atoms with van der Waals surface area (Å²) in [5.41, 5.74) is -1.60. The molecule has 1 unspecified atom stereocenters. The molecule has 3 aliphatic rings. The van der Waals surface area contributed by atoms with Gasteiger partial charge in [-0.2, -0.15) is 17.0 Å². The Balaban J connectivity index is 1.82. The van der Waals surface area contributed by atoms with Gasteiger partial charge in [0.05, 0.1) is 6.04 Å². The molecule has 0 aromatic rings. The number of hydrogen-bond acceptors (Lipinski definition) is 7. The number of likely N-dealkylation sites (N-methyl/N-ethyl adjacent to an activating group) is 1. The molecule has 3 fully saturated rings. The van der Waals surface area contributed by atoms with Crippen LogP contribution in [0.15, 0.2) is 12.7 Å². The standard InChI is InChI=1S/C36H59N7O7S/c1-13-15-16-24(28(44)31(46)37-19-14-2)38-30(45)27-26-23(36(26,9)10)20-43(27)32(47)29(35(6,7)8)40-33(48)39-25(34(3,4)5)21-41(11)51(49,50)42(12)22-17-18-22/h1,14,22-27,29H,2,15-21H2,3-12H3,(H,37,46)(H,38,45)(H2,39,40,48)/t23-,24?,25+,26-,27-,29+/m0/s1. The van der Waals surface area contributed by atoms with E-state index in [4.69, 9.17) is 6.42 Å². The molecule has 5 amide bonds. The molecular weight excluding hydrogens is 675 g/mol. The second-order valence-corrected chi connectivity index (χ2v) is 19.0. The number of fused-ring (bicyclic) bond motifs is 1. The van der Waals surface area contributed by atoms with Crippen LogP contribution in [0.4, 0.5) is 4.79 Å². The van der Waals surface area contributed by atoms with Crippen LogP contribution >= 0.6 is 0 Å². The fraction of sp³-hybridized carbons (Fsp3) is 0.750. The van der Waals surface area contributed by atoms with Gasteiger partial charge in [-0.3, -0.25) is 19.2 Å². The summed E-state index contributed by atoms with van der Waals surface area (Å²) < 4.78 is 29.0. The van der Waals surface area contributed by atoms with Crippen molar-refractivity contribution in [3.05, 3.63) is 12.7 Å². The third-order valence-corrected chi connectivity index (χ3v) is 12.6. The molecule has 51 heavy (non-hydrogen) atoms. The smallest absolute Gasteiger partial charge is 0.315 e. The fourth-order valence-electron chi connectivity index (χ4n) is 6.86. The van der Waals surface area contributed by atoms with Gasteiger partial charge in [-0.15, -0.1) is 18.9 Å². The van der Waals surface area contributed by atoms with Crippen molar-refractivity contribution < 1.29 is 32.4 Å². The number of piperidine rings is 1. The molecule has 0 radical (unpaired) electrons. The van der Waals surface area contributed by atoms with Crippen LogP contribution in [0.2, 0.25) is 0 Å². The van der Waals surface area contributed by atoms with Gasteiger partial charge in [0.2, 0.25) is 17.6 Å². The predicted molar refractivity (Wildman–Crippen MR) is 195 cm³/mol. The number of Topliss-reactive ketones (excluding diaryl/α,β-unsaturated/α-hetero) is 1. The molecule has 1 saturated heterocycles. The molecule has 0 aromatic heterocycles. The van der Waals surface area contributed by atoms with Crippen molar-refractivity contribution in [2.75, 3.05) is 33.7 Å². The number of carbonyl (C=O) groups excluding carboxylic acids is 5. The maximum Gasteiger partial charge on any atom is 0.315 e. The first kappa shape index (κ1) is 41.9. The Labute approximate surface area is 304 Å². The molecule has 0 bridgehead atoms. The number of ketones is 1. The van der Waals surface area contributed by atoms with Crippen molar-refractivity contribution in [3.63, 3.8) is 0 Å². The quantitative estimate of drug-likeness (QED) is 0.106. The van der Waals surface area contributed by atoms with Crippen molar-refractivity contribution in [1.29, 1.82) is 0 Å². The summed E-state index contributed by atoms with van der Waals surface area (Å²) in [4.78, 5) is 69.1. The molecule has 15 heteroatoms. The Kier molecular flexibility index (Phi) is 12.9. The third kappa shape index (κ3) is 9.70. The molecule has 0 spiro atoms. The van der Waals surface area contributed by atoms with E-state index in [1.165, 1.54) is 26.6 Å². The van der Waals surface area contributed by atoms with Gasteiger partial charge in [0.25, 0.3) is 16.1 Å². The van der Waals surface area contributed by atoms with Gasteiger partial charge in [-0.25, -0.2) is 4.79 Å². The predicted octanol–water partition coefficient (Wildman–Crippen LogP) is 1.64. The number of carbonyl (C=O) groups is 5. The van der Waals surface area contributed by atoms with Gasteiger partial charge in [-0.1, -0.05) is 61.5 Å². The first-order chi connectivity index (χ1) is 23.4. The van der Waals surface area contributed by atoms with Crippen molar-refractivity contribution >= 4 is 39.7 Å². The zero-order valence-electron chi connectivity index (χ0n) is 32.0. The van der Waals surface area contributed by atoms with Gasteiger partial charge in [-0.05, 0) is 47.3 Å². The number of nitrogens with one attached hydrogen (secondary N) is 4. The molecule has 286 valence electrons. The SMILES string of the molecule is C#CCCC(NC(=O)[C@@H]1[C@@H]2[C@H](CN1C(=O)[C@@H](NC(=O)N[C@H](CN(C)S(=O)(=O)N(C)C1CC1)C(C)(C)C)C(C)(C)C)C2(C)C)C(=O)C(=O)NCC=C. The van der Waals surface area contributed by atoms with E-state index >= 15 is 0 Å². The maximum atomic E-state index is 14.4. The zero-order valence-corrected chi connectivity index (χ0v) is 32.8. The topological polar surface area (TPSA) is 177 Å². The van der Waals surface area contributed by atoms with Gasteiger partial charge >= 0.3 is 6.03 Å². The van der Waals surface area contributed by atoms with Gasteiger partial charge in [0, 0.05) is 52.2 Å². The minimum atomic E-state index is -3.75. The third-order valence-electron chi connectivity index (χ3n) is 10.6. The highest BCUT2D eigenvalue weighted by atomic mass is 32.2. The van der Waals surface area contributed by atoms with Crippen molar-refractivity contribution in [2.45, 2.75) is 111 Å². The van der Waals surface area contributed by atoms with Crippen LogP contribution in [0.25, 0.3) is 0 Å². The first-order valence-corrected chi connectivity index (χ1v) is 19.0. The first-order valence-electron chi connectivity index (χ1n) is 17.6. The van der Waals surface area contributed by atoms with Crippen LogP contribution in [-0.4, -0.2) is 115 Å². The van der Waals surface area contributed by atoms with Crippen molar-refractivity contribution in [2.24, 2.45) is 28.1 Å². The number of likely N-dealkylation sites (tertiary alicyclic amines) is 1. The lowest BCUT2D eigenvalue weighted by molar-refractivity contribution is -0.145. The summed E-state index contributed by atoms with van der Waals surface area (Å²) in [6.45, 7) is 19.0. The molecule has 2 aliphatic carbocycles. The van der Waals surface area contributed by atoms with Gasteiger partial charge < -0.3 is 26.2 Å². The number of rotatable bonds is 16. The monoisotopic (exact) mass is 733 g/mol. The highest BCUT2D eigenvalue weighted by Crippen LogP contribution is 2.65. The van der Waals surface area contributed by atoms with E-state index in [1.807, 2.05) is 34.6 Å². The lowest BCUT2D eigenvalue weighted by Crippen LogP contribution is -2.63. The molecule has 1 heterocycles. The number of terminal acetylenes is 1. The minimum absolute atomic E-state index is 0.00241. The van der Waals surface area contributed by atoms with Gasteiger partial charge in [0.15, 0.2) is 0 Å². The Morgan fingerprint density at radius 1 is 1.02 bits per heavy atom. The second kappa shape index (κ2) is 15.6. The normalized spacial score (nSPS) is 23.0. The summed E-state index contributed by atoms with van der Waals surface area (Å²) in [6.07, 6.45) is 8.66. The molecule has 0 aromatic carbocycles. The average molecular weight is 734 g/mol. The van der Waals surface area contributed by atoms with Gasteiger partial charge in [0.1, 0.15) is 12.1 Å². The van der Waals surface area contributed by atoms with E-state index in [0.717, 1.165) is 12.8 Å². The fourth-order valence-corrected chi connectivity index (χ4v) is 8.22. The summed E-state index contributed by atoms with van der Waals surface area (Å²) in [7, 11) is -0.710. The molecule has 6 atom stereocenters. The maximum absolute atomic E-state index is 14.4. The number of hydrogen-bond donors (Lipinski definition) is 4. The molecule has 14 nitrogen and oxygen atoms in total. The van der Waals surface area contributed by atoms with E-state index in [1.54, 1.807) is 27.8 Å². The minimum Gasteiger partial charge on any atom is -0.346 e. The summed E-state index contributed by atoms with van der Waals surface area (Å²) in [5.74, 6) is -0.511. The van der Waals surface area contributed by atoms with Crippen molar-refractivity contribution in [1.82, 2.24) is 34.8 Å². The zero-order chi connectivity index (χ0) is 38.9. The molecule has 3 rings (SSSR count). The van der Waals surface area contributed by atoms with Crippen LogP contribution in [0.1, 0.15) is 81.1 Å². The van der Waals surface area contributed by atoms with E-state index in [0.29, 0.717) is 0 Å². The second-order valence-electron chi connectivity index (χ2n) is 16.9. The van der Waals surface area contributed by atoms with Crippen molar-refractivity contribution in [3.8, 4) is 12.3 Å². The molecule has 2 saturated carbocycles. The van der Waals surface area contributed by atoms with Crippen LogP contribution in [-0.2, 0) is 29.4 Å². The summed E-state index contributed by atoms with van der Waals surface area (Å²) in [5, 5.41) is 10.9. The lowest BCUT2D eigenvalue weighted by atomic mass is 9.85.